The molecule has 1 aliphatic heterocycles. The molecule has 0 atom stereocenters. The van der Waals surface area contributed by atoms with Gasteiger partial charge in [0.05, 0.1) is 11.8 Å². The molecule has 1 N–H and O–H groups in total. The Balaban J connectivity index is 2.11. The van der Waals surface area contributed by atoms with Crippen LogP contribution in [0.5, 0.6) is 5.75 Å². The number of rotatable bonds is 3. The Labute approximate surface area is 120 Å². The summed E-state index contributed by atoms with van der Waals surface area (Å²) in [5, 5.41) is 5.97. The largest absolute Gasteiger partial charge is 0.489 e. The third-order valence-electron chi connectivity index (χ3n) is 3.66. The first-order valence-corrected chi connectivity index (χ1v) is 7.40. The summed E-state index contributed by atoms with van der Waals surface area (Å²) in [6, 6.07) is 12.8. The summed E-state index contributed by atoms with van der Waals surface area (Å²) in [4.78, 5) is 2.44. The Morgan fingerprint density at radius 1 is 1.05 bits per heavy atom. The van der Waals surface area contributed by atoms with E-state index in [2.05, 4.69) is 60.5 Å². The summed E-state index contributed by atoms with van der Waals surface area (Å²) in [5.74, 6) is 1.00. The molecular weight excluding hydrogens is 248 g/mol. The first kappa shape index (κ1) is 13.3. The lowest BCUT2D eigenvalue weighted by atomic mass is 10.1. The molecule has 0 aliphatic carbocycles. The summed E-state index contributed by atoms with van der Waals surface area (Å²) >= 11 is 0. The molecule has 1 heterocycles. The van der Waals surface area contributed by atoms with E-state index in [-0.39, 0.29) is 6.10 Å². The molecule has 0 bridgehead atoms. The molecule has 0 amide bonds. The van der Waals surface area contributed by atoms with Crippen LogP contribution in [-0.4, -0.2) is 32.3 Å². The van der Waals surface area contributed by atoms with Gasteiger partial charge < -0.3 is 15.0 Å². The molecule has 0 radical (unpaired) electrons. The number of ether oxygens (including phenoxy) is 1. The Morgan fingerprint density at radius 2 is 1.80 bits per heavy atom. The van der Waals surface area contributed by atoms with Crippen LogP contribution in [0.25, 0.3) is 10.8 Å². The molecule has 2 aromatic carbocycles. The van der Waals surface area contributed by atoms with Crippen molar-refractivity contribution in [2.45, 2.75) is 20.0 Å². The van der Waals surface area contributed by atoms with Gasteiger partial charge in [-0.3, -0.25) is 0 Å². The minimum Gasteiger partial charge on any atom is -0.489 e. The minimum absolute atomic E-state index is 0.192. The average Bonchev–Trinajstić information content (AvgIpc) is 2.47. The van der Waals surface area contributed by atoms with Gasteiger partial charge in [-0.05, 0) is 25.3 Å². The maximum absolute atomic E-state index is 6.04. The van der Waals surface area contributed by atoms with Gasteiger partial charge >= 0.3 is 0 Å². The molecule has 0 saturated carbocycles. The van der Waals surface area contributed by atoms with Gasteiger partial charge in [0, 0.05) is 31.6 Å². The van der Waals surface area contributed by atoms with Crippen molar-refractivity contribution < 1.29 is 4.74 Å². The van der Waals surface area contributed by atoms with Crippen molar-refractivity contribution in [1.29, 1.82) is 0 Å². The van der Waals surface area contributed by atoms with E-state index in [0.29, 0.717) is 0 Å². The monoisotopic (exact) mass is 270 g/mol. The second-order valence-corrected chi connectivity index (χ2v) is 5.54. The van der Waals surface area contributed by atoms with Crippen molar-refractivity contribution in [2.24, 2.45) is 0 Å². The Kier molecular flexibility index (Phi) is 3.79. The number of benzene rings is 2. The maximum Gasteiger partial charge on any atom is 0.143 e. The molecule has 3 nitrogen and oxygen atoms in total. The van der Waals surface area contributed by atoms with E-state index in [4.69, 9.17) is 4.74 Å². The number of fused-ring (bicyclic) bond motifs is 1. The molecule has 1 aliphatic rings. The predicted molar refractivity (Wildman–Crippen MR) is 84.8 cm³/mol. The van der Waals surface area contributed by atoms with Gasteiger partial charge in [0.2, 0.25) is 0 Å². The topological polar surface area (TPSA) is 24.5 Å². The molecule has 20 heavy (non-hydrogen) atoms. The van der Waals surface area contributed by atoms with E-state index in [1.165, 1.54) is 16.5 Å². The zero-order valence-corrected chi connectivity index (χ0v) is 12.2. The highest BCUT2D eigenvalue weighted by molar-refractivity contribution is 5.97. The van der Waals surface area contributed by atoms with Crippen LogP contribution >= 0.6 is 0 Å². The number of anilines is 1. The SMILES string of the molecule is CC(C)Oc1ccc2ccccc2c1N1CCNCC1. The summed E-state index contributed by atoms with van der Waals surface area (Å²) in [6.07, 6.45) is 0.192. The van der Waals surface area contributed by atoms with Crippen LogP contribution in [0.4, 0.5) is 5.69 Å². The lowest BCUT2D eigenvalue weighted by molar-refractivity contribution is 0.243. The molecule has 1 fully saturated rings. The van der Waals surface area contributed by atoms with E-state index in [1.807, 2.05) is 0 Å². The molecular formula is C17H22N2O. The van der Waals surface area contributed by atoms with Crippen LogP contribution in [0.15, 0.2) is 36.4 Å². The van der Waals surface area contributed by atoms with Crippen LogP contribution in [0.3, 0.4) is 0 Å². The third kappa shape index (κ3) is 2.59. The zero-order valence-electron chi connectivity index (χ0n) is 12.2. The highest BCUT2D eigenvalue weighted by Crippen LogP contribution is 2.37. The normalized spacial score (nSPS) is 15.8. The van der Waals surface area contributed by atoms with Gasteiger partial charge in [-0.2, -0.15) is 0 Å². The molecule has 0 aromatic heterocycles. The molecule has 1 saturated heterocycles. The fourth-order valence-electron chi connectivity index (χ4n) is 2.80. The zero-order chi connectivity index (χ0) is 13.9. The van der Waals surface area contributed by atoms with Crippen LogP contribution in [0.2, 0.25) is 0 Å². The summed E-state index contributed by atoms with van der Waals surface area (Å²) in [6.45, 7) is 8.28. The van der Waals surface area contributed by atoms with Gasteiger partial charge in [0.15, 0.2) is 0 Å². The van der Waals surface area contributed by atoms with Crippen LogP contribution in [0, 0.1) is 0 Å². The van der Waals surface area contributed by atoms with Crippen molar-refractivity contribution in [3.8, 4) is 5.75 Å². The Bertz CT molecular complexity index is 589. The lowest BCUT2D eigenvalue weighted by Gasteiger charge is -2.32. The maximum atomic E-state index is 6.04. The number of nitrogens with zero attached hydrogens (tertiary/aromatic N) is 1. The molecule has 3 heteroatoms. The first-order valence-electron chi connectivity index (χ1n) is 7.40. The first-order chi connectivity index (χ1) is 9.75. The van der Waals surface area contributed by atoms with E-state index >= 15 is 0 Å². The molecule has 106 valence electrons. The molecule has 3 rings (SSSR count). The van der Waals surface area contributed by atoms with Crippen molar-refractivity contribution in [1.82, 2.24) is 5.32 Å². The molecule has 2 aromatic rings. The number of piperazine rings is 1. The van der Waals surface area contributed by atoms with Crippen LogP contribution in [0.1, 0.15) is 13.8 Å². The van der Waals surface area contributed by atoms with Crippen molar-refractivity contribution in [3.05, 3.63) is 36.4 Å². The van der Waals surface area contributed by atoms with Crippen LogP contribution < -0.4 is 15.0 Å². The van der Waals surface area contributed by atoms with E-state index in [9.17, 15) is 0 Å². The van der Waals surface area contributed by atoms with Crippen molar-refractivity contribution in [2.75, 3.05) is 31.1 Å². The van der Waals surface area contributed by atoms with Gasteiger partial charge in [0.1, 0.15) is 5.75 Å². The van der Waals surface area contributed by atoms with E-state index in [0.717, 1.165) is 31.9 Å². The fourth-order valence-corrected chi connectivity index (χ4v) is 2.80. The molecule has 0 spiro atoms. The smallest absolute Gasteiger partial charge is 0.143 e. The third-order valence-corrected chi connectivity index (χ3v) is 3.66. The van der Waals surface area contributed by atoms with Crippen molar-refractivity contribution in [3.63, 3.8) is 0 Å². The average molecular weight is 270 g/mol. The quantitative estimate of drug-likeness (QED) is 0.928. The second kappa shape index (κ2) is 5.71. The van der Waals surface area contributed by atoms with E-state index < -0.39 is 0 Å². The Hall–Kier alpha value is -1.74. The number of hydrogen-bond donors (Lipinski definition) is 1. The highest BCUT2D eigenvalue weighted by Gasteiger charge is 2.18. The number of nitrogens with one attached hydrogen (secondary N) is 1. The Morgan fingerprint density at radius 3 is 2.55 bits per heavy atom. The summed E-state index contributed by atoms with van der Waals surface area (Å²) < 4.78 is 6.04. The minimum atomic E-state index is 0.192. The lowest BCUT2D eigenvalue weighted by Crippen LogP contribution is -2.43. The van der Waals surface area contributed by atoms with Gasteiger partial charge in [-0.1, -0.05) is 30.3 Å². The van der Waals surface area contributed by atoms with Crippen LogP contribution in [-0.2, 0) is 0 Å². The fraction of sp³-hybridized carbons (Fsp3) is 0.412. The summed E-state index contributed by atoms with van der Waals surface area (Å²) in [5.41, 5.74) is 1.25. The van der Waals surface area contributed by atoms with Gasteiger partial charge in [-0.25, -0.2) is 0 Å². The summed E-state index contributed by atoms with van der Waals surface area (Å²) in [7, 11) is 0. The predicted octanol–water partition coefficient (Wildman–Crippen LogP) is 3.04. The van der Waals surface area contributed by atoms with E-state index in [1.54, 1.807) is 0 Å². The highest BCUT2D eigenvalue weighted by atomic mass is 16.5. The van der Waals surface area contributed by atoms with Crippen molar-refractivity contribution >= 4 is 16.5 Å². The van der Waals surface area contributed by atoms with Gasteiger partial charge in [0.25, 0.3) is 0 Å². The number of hydrogen-bond acceptors (Lipinski definition) is 3. The second-order valence-electron chi connectivity index (χ2n) is 5.54. The van der Waals surface area contributed by atoms with Gasteiger partial charge in [-0.15, -0.1) is 0 Å². The molecule has 0 unspecified atom stereocenters. The standard InChI is InChI=1S/C17H22N2O/c1-13(2)20-16-8-7-14-5-3-4-6-15(14)17(16)19-11-9-18-10-12-19/h3-8,13,18H,9-12H2,1-2H3.